The number of halogens is 1. The molecule has 1 rings (SSSR count). The third-order valence-corrected chi connectivity index (χ3v) is 2.65. The summed E-state index contributed by atoms with van der Waals surface area (Å²) in [6.07, 6.45) is 2.62. The van der Waals surface area contributed by atoms with E-state index in [1.165, 1.54) is 0 Å². The lowest BCUT2D eigenvalue weighted by molar-refractivity contribution is -0.124. The Kier molecular flexibility index (Phi) is 4.14. The molecule has 1 unspecified atom stereocenters. The molecular weight excluding hydrogens is 260 g/mol. The van der Waals surface area contributed by atoms with Gasteiger partial charge < -0.3 is 11.1 Å². The molecule has 1 atom stereocenters. The fourth-order valence-corrected chi connectivity index (χ4v) is 1.39. The number of amides is 1. The lowest BCUT2D eigenvalue weighted by atomic mass is 10.3. The standard InChI is InChI=1S/C9H15BrN4O/c1-3-4-12-9(15)6(2)14-5-7(10)8(11)13-14/h5-6H,3-4H2,1-2H3,(H2,11,13)(H,12,15). The van der Waals surface area contributed by atoms with Crippen molar-refractivity contribution in [1.29, 1.82) is 0 Å². The highest BCUT2D eigenvalue weighted by Crippen LogP contribution is 2.19. The smallest absolute Gasteiger partial charge is 0.244 e. The van der Waals surface area contributed by atoms with Crippen molar-refractivity contribution >= 4 is 27.7 Å². The molecule has 0 saturated carbocycles. The van der Waals surface area contributed by atoms with Crippen LogP contribution in [0.15, 0.2) is 10.7 Å². The van der Waals surface area contributed by atoms with Gasteiger partial charge in [-0.2, -0.15) is 5.10 Å². The van der Waals surface area contributed by atoms with E-state index in [1.54, 1.807) is 17.8 Å². The molecule has 1 aromatic heterocycles. The SMILES string of the molecule is CCCNC(=O)C(C)n1cc(Br)c(N)n1. The first-order chi connectivity index (χ1) is 7.06. The number of rotatable bonds is 4. The molecule has 1 amide bonds. The van der Waals surface area contributed by atoms with Crippen LogP contribution in [0.5, 0.6) is 0 Å². The van der Waals surface area contributed by atoms with Crippen molar-refractivity contribution in [2.24, 2.45) is 0 Å². The maximum atomic E-state index is 11.6. The van der Waals surface area contributed by atoms with Crippen molar-refractivity contribution in [3.05, 3.63) is 10.7 Å². The topological polar surface area (TPSA) is 72.9 Å². The molecule has 0 spiro atoms. The maximum Gasteiger partial charge on any atom is 0.244 e. The average Bonchev–Trinajstić information content (AvgIpc) is 2.54. The third kappa shape index (κ3) is 2.95. The molecule has 0 bridgehead atoms. The van der Waals surface area contributed by atoms with Crippen LogP contribution >= 0.6 is 15.9 Å². The van der Waals surface area contributed by atoms with E-state index in [-0.39, 0.29) is 11.9 Å². The first-order valence-electron chi connectivity index (χ1n) is 4.84. The Morgan fingerprint density at radius 1 is 1.80 bits per heavy atom. The number of hydrogen-bond acceptors (Lipinski definition) is 3. The van der Waals surface area contributed by atoms with Crippen molar-refractivity contribution in [3.63, 3.8) is 0 Å². The molecular formula is C9H15BrN4O. The van der Waals surface area contributed by atoms with Crippen LogP contribution in [0.2, 0.25) is 0 Å². The Labute approximate surface area is 97.1 Å². The van der Waals surface area contributed by atoms with Crippen molar-refractivity contribution in [2.75, 3.05) is 12.3 Å². The first-order valence-corrected chi connectivity index (χ1v) is 5.63. The van der Waals surface area contributed by atoms with Crippen molar-refractivity contribution in [2.45, 2.75) is 26.3 Å². The van der Waals surface area contributed by atoms with Gasteiger partial charge in [-0.05, 0) is 29.3 Å². The van der Waals surface area contributed by atoms with Gasteiger partial charge in [0, 0.05) is 12.7 Å². The third-order valence-electron chi connectivity index (χ3n) is 2.04. The number of nitrogens with zero attached hydrogens (tertiary/aromatic N) is 2. The summed E-state index contributed by atoms with van der Waals surface area (Å²) < 4.78 is 2.25. The van der Waals surface area contributed by atoms with Crippen LogP contribution in [0.4, 0.5) is 5.82 Å². The molecule has 1 heterocycles. The quantitative estimate of drug-likeness (QED) is 0.870. The Hall–Kier alpha value is -1.04. The van der Waals surface area contributed by atoms with E-state index in [4.69, 9.17) is 5.73 Å². The van der Waals surface area contributed by atoms with Crippen LogP contribution in [-0.2, 0) is 4.79 Å². The Balaban J connectivity index is 2.67. The first kappa shape index (κ1) is 12.0. The second-order valence-corrected chi connectivity index (χ2v) is 4.16. The van der Waals surface area contributed by atoms with E-state index in [0.717, 1.165) is 6.42 Å². The van der Waals surface area contributed by atoms with Gasteiger partial charge in [0.25, 0.3) is 0 Å². The van der Waals surface area contributed by atoms with Crippen molar-refractivity contribution in [3.8, 4) is 0 Å². The highest BCUT2D eigenvalue weighted by atomic mass is 79.9. The summed E-state index contributed by atoms with van der Waals surface area (Å²) in [4.78, 5) is 11.6. The molecule has 0 radical (unpaired) electrons. The zero-order chi connectivity index (χ0) is 11.4. The van der Waals surface area contributed by atoms with E-state index in [2.05, 4.69) is 26.3 Å². The summed E-state index contributed by atoms with van der Waals surface area (Å²) in [6.45, 7) is 4.47. The number of anilines is 1. The zero-order valence-corrected chi connectivity index (χ0v) is 10.4. The number of aromatic nitrogens is 2. The van der Waals surface area contributed by atoms with Crippen LogP contribution in [0.1, 0.15) is 26.3 Å². The van der Waals surface area contributed by atoms with Gasteiger partial charge in [-0.1, -0.05) is 6.92 Å². The number of nitrogen functional groups attached to an aromatic ring is 1. The van der Waals surface area contributed by atoms with Crippen LogP contribution in [-0.4, -0.2) is 22.2 Å². The molecule has 0 fully saturated rings. The van der Waals surface area contributed by atoms with Gasteiger partial charge in [0.05, 0.1) is 4.47 Å². The second-order valence-electron chi connectivity index (χ2n) is 3.31. The summed E-state index contributed by atoms with van der Waals surface area (Å²) in [5.74, 6) is 0.344. The van der Waals surface area contributed by atoms with Crippen LogP contribution in [0.3, 0.4) is 0 Å². The van der Waals surface area contributed by atoms with Gasteiger partial charge in [0.15, 0.2) is 5.82 Å². The fraction of sp³-hybridized carbons (Fsp3) is 0.556. The molecule has 6 heteroatoms. The fourth-order valence-electron chi connectivity index (χ4n) is 1.10. The van der Waals surface area contributed by atoms with E-state index in [9.17, 15) is 4.79 Å². The minimum Gasteiger partial charge on any atom is -0.381 e. The van der Waals surface area contributed by atoms with Gasteiger partial charge in [-0.25, -0.2) is 0 Å². The Morgan fingerprint density at radius 2 is 2.47 bits per heavy atom. The number of nitrogens with two attached hydrogens (primary N) is 1. The molecule has 3 N–H and O–H groups in total. The molecule has 0 aliphatic rings. The van der Waals surface area contributed by atoms with E-state index < -0.39 is 0 Å². The summed E-state index contributed by atoms with van der Waals surface area (Å²) in [5.41, 5.74) is 5.57. The highest BCUT2D eigenvalue weighted by Gasteiger charge is 2.16. The van der Waals surface area contributed by atoms with Crippen LogP contribution in [0, 0.1) is 0 Å². The Morgan fingerprint density at radius 3 is 2.93 bits per heavy atom. The highest BCUT2D eigenvalue weighted by molar-refractivity contribution is 9.10. The predicted molar refractivity (Wildman–Crippen MR) is 62.4 cm³/mol. The zero-order valence-electron chi connectivity index (χ0n) is 8.83. The number of carbonyl (C=O) groups is 1. The second kappa shape index (κ2) is 5.16. The van der Waals surface area contributed by atoms with Gasteiger partial charge in [-0.15, -0.1) is 0 Å². The predicted octanol–water partition coefficient (Wildman–Crippen LogP) is 1.31. The monoisotopic (exact) mass is 274 g/mol. The van der Waals surface area contributed by atoms with Gasteiger partial charge in [0.2, 0.25) is 5.91 Å². The normalized spacial score (nSPS) is 12.5. The van der Waals surface area contributed by atoms with Gasteiger partial charge in [0.1, 0.15) is 6.04 Å². The maximum absolute atomic E-state index is 11.6. The molecule has 0 saturated heterocycles. The summed E-state index contributed by atoms with van der Waals surface area (Å²) in [5, 5.41) is 6.83. The van der Waals surface area contributed by atoms with E-state index in [0.29, 0.717) is 16.8 Å². The van der Waals surface area contributed by atoms with Gasteiger partial charge >= 0.3 is 0 Å². The molecule has 0 aromatic carbocycles. The van der Waals surface area contributed by atoms with Crippen molar-refractivity contribution in [1.82, 2.24) is 15.1 Å². The van der Waals surface area contributed by atoms with Crippen LogP contribution in [0.25, 0.3) is 0 Å². The molecule has 84 valence electrons. The summed E-state index contributed by atoms with van der Waals surface area (Å²) in [7, 11) is 0. The van der Waals surface area contributed by atoms with Crippen LogP contribution < -0.4 is 11.1 Å². The molecule has 0 aliphatic heterocycles. The minimum absolute atomic E-state index is 0.0492. The minimum atomic E-state index is -0.342. The lowest BCUT2D eigenvalue weighted by Gasteiger charge is -2.11. The molecule has 1 aromatic rings. The summed E-state index contributed by atoms with van der Waals surface area (Å²) >= 11 is 3.25. The number of carbonyl (C=O) groups excluding carboxylic acids is 1. The van der Waals surface area contributed by atoms with E-state index >= 15 is 0 Å². The summed E-state index contributed by atoms with van der Waals surface area (Å²) in [6, 6.07) is -0.342. The van der Waals surface area contributed by atoms with E-state index in [1.807, 2.05) is 6.92 Å². The lowest BCUT2D eigenvalue weighted by Crippen LogP contribution is -2.31. The molecule has 0 aliphatic carbocycles. The Bertz CT molecular complexity index is 330. The van der Waals surface area contributed by atoms with Crippen molar-refractivity contribution < 1.29 is 4.79 Å². The van der Waals surface area contributed by atoms with Gasteiger partial charge in [-0.3, -0.25) is 9.48 Å². The largest absolute Gasteiger partial charge is 0.381 e. The molecule has 15 heavy (non-hydrogen) atoms. The molecule has 5 nitrogen and oxygen atoms in total. The average molecular weight is 275 g/mol. The number of hydrogen-bond donors (Lipinski definition) is 2. The number of nitrogens with one attached hydrogen (secondary N) is 1.